The molecule has 0 bridgehead atoms. The van der Waals surface area contributed by atoms with Crippen molar-refractivity contribution in [2.45, 2.75) is 13.3 Å². The molecular formula is C16H18O3. The third kappa shape index (κ3) is 3.91. The number of rotatable bonds is 6. The summed E-state index contributed by atoms with van der Waals surface area (Å²) in [6, 6.07) is 15.0. The summed E-state index contributed by atoms with van der Waals surface area (Å²) >= 11 is 0. The number of hydrogen-bond donors (Lipinski definition) is 1. The highest BCUT2D eigenvalue weighted by molar-refractivity contribution is 5.42. The third-order valence-electron chi connectivity index (χ3n) is 2.81. The Balaban J connectivity index is 1.71. The standard InChI is InChI=1S/C16H18O3/c1-13-15(17)9-5-10-16(13)19-12-6-11-18-14-7-3-2-4-8-14/h2-5,7-10,17H,6,11-12H2,1H3. The van der Waals surface area contributed by atoms with Gasteiger partial charge in [-0.2, -0.15) is 0 Å². The van der Waals surface area contributed by atoms with Crippen LogP contribution in [0, 0.1) is 6.92 Å². The summed E-state index contributed by atoms with van der Waals surface area (Å²) in [4.78, 5) is 0. The number of benzene rings is 2. The van der Waals surface area contributed by atoms with Crippen LogP contribution in [0.25, 0.3) is 0 Å². The Morgan fingerprint density at radius 1 is 0.895 bits per heavy atom. The molecule has 0 aliphatic carbocycles. The zero-order valence-electron chi connectivity index (χ0n) is 11.0. The molecule has 3 heteroatoms. The van der Waals surface area contributed by atoms with E-state index in [1.807, 2.05) is 43.3 Å². The lowest BCUT2D eigenvalue weighted by atomic mass is 10.2. The first-order chi connectivity index (χ1) is 9.27. The minimum Gasteiger partial charge on any atom is -0.508 e. The van der Waals surface area contributed by atoms with E-state index in [-0.39, 0.29) is 5.75 Å². The lowest BCUT2D eigenvalue weighted by Gasteiger charge is -2.10. The average Bonchev–Trinajstić information content (AvgIpc) is 2.44. The van der Waals surface area contributed by atoms with Crippen LogP contribution in [0.5, 0.6) is 17.2 Å². The number of para-hydroxylation sites is 1. The maximum atomic E-state index is 9.55. The van der Waals surface area contributed by atoms with Crippen LogP contribution in [0.2, 0.25) is 0 Å². The zero-order valence-corrected chi connectivity index (χ0v) is 11.0. The van der Waals surface area contributed by atoms with Gasteiger partial charge in [-0.15, -0.1) is 0 Å². The predicted octanol–water partition coefficient (Wildman–Crippen LogP) is 3.55. The van der Waals surface area contributed by atoms with Gasteiger partial charge >= 0.3 is 0 Å². The van der Waals surface area contributed by atoms with Gasteiger partial charge in [-0.25, -0.2) is 0 Å². The summed E-state index contributed by atoms with van der Waals surface area (Å²) in [5.41, 5.74) is 0.770. The van der Waals surface area contributed by atoms with Crippen molar-refractivity contribution in [3.8, 4) is 17.2 Å². The molecule has 0 radical (unpaired) electrons. The fourth-order valence-electron chi connectivity index (χ4n) is 1.71. The van der Waals surface area contributed by atoms with Crippen LogP contribution in [0.15, 0.2) is 48.5 Å². The lowest BCUT2D eigenvalue weighted by Crippen LogP contribution is -2.05. The topological polar surface area (TPSA) is 38.7 Å². The molecule has 0 fully saturated rings. The van der Waals surface area contributed by atoms with Gasteiger partial charge in [0.2, 0.25) is 0 Å². The first kappa shape index (κ1) is 13.3. The lowest BCUT2D eigenvalue weighted by molar-refractivity contribution is 0.246. The second-order valence-electron chi connectivity index (χ2n) is 4.26. The van der Waals surface area contributed by atoms with E-state index in [0.717, 1.165) is 23.5 Å². The van der Waals surface area contributed by atoms with Gasteiger partial charge in [-0.3, -0.25) is 0 Å². The molecule has 0 unspecified atom stereocenters. The fraction of sp³-hybridized carbons (Fsp3) is 0.250. The van der Waals surface area contributed by atoms with E-state index in [1.165, 1.54) is 0 Å². The average molecular weight is 258 g/mol. The molecule has 0 aromatic heterocycles. The SMILES string of the molecule is Cc1c(O)cccc1OCCCOc1ccccc1. The van der Waals surface area contributed by atoms with Gasteiger partial charge in [0.15, 0.2) is 0 Å². The van der Waals surface area contributed by atoms with Gasteiger partial charge in [-0.1, -0.05) is 24.3 Å². The van der Waals surface area contributed by atoms with Gasteiger partial charge < -0.3 is 14.6 Å². The zero-order chi connectivity index (χ0) is 13.5. The van der Waals surface area contributed by atoms with Gasteiger partial charge in [0.25, 0.3) is 0 Å². The van der Waals surface area contributed by atoms with Gasteiger partial charge in [0, 0.05) is 12.0 Å². The van der Waals surface area contributed by atoms with Crippen molar-refractivity contribution < 1.29 is 14.6 Å². The molecule has 1 N–H and O–H groups in total. The Morgan fingerprint density at radius 3 is 2.42 bits per heavy atom. The molecule has 0 aliphatic heterocycles. The summed E-state index contributed by atoms with van der Waals surface area (Å²) < 4.78 is 11.2. The summed E-state index contributed by atoms with van der Waals surface area (Å²) in [6.07, 6.45) is 0.796. The number of ether oxygens (including phenoxy) is 2. The van der Waals surface area contributed by atoms with E-state index < -0.39 is 0 Å². The molecule has 100 valence electrons. The first-order valence-electron chi connectivity index (χ1n) is 6.36. The van der Waals surface area contributed by atoms with Gasteiger partial charge in [-0.05, 0) is 31.2 Å². The van der Waals surface area contributed by atoms with Crippen molar-refractivity contribution in [2.75, 3.05) is 13.2 Å². The monoisotopic (exact) mass is 258 g/mol. The Bertz CT molecular complexity index is 509. The van der Waals surface area contributed by atoms with Crippen molar-refractivity contribution in [2.24, 2.45) is 0 Å². The molecule has 0 saturated carbocycles. The van der Waals surface area contributed by atoms with Crippen molar-refractivity contribution in [3.05, 3.63) is 54.1 Å². The summed E-state index contributed by atoms with van der Waals surface area (Å²) in [7, 11) is 0. The number of aromatic hydroxyl groups is 1. The molecule has 2 rings (SSSR count). The highest BCUT2D eigenvalue weighted by Gasteiger charge is 2.03. The van der Waals surface area contributed by atoms with Crippen molar-refractivity contribution in [3.63, 3.8) is 0 Å². The highest BCUT2D eigenvalue weighted by Crippen LogP contribution is 2.25. The minimum atomic E-state index is 0.262. The molecule has 0 amide bonds. The van der Waals surface area contributed by atoms with Crippen LogP contribution in [0.4, 0.5) is 0 Å². The molecule has 2 aromatic rings. The number of phenolic OH excluding ortho intramolecular Hbond substituents is 1. The van der Waals surface area contributed by atoms with Crippen LogP contribution in [0.3, 0.4) is 0 Å². The largest absolute Gasteiger partial charge is 0.508 e. The van der Waals surface area contributed by atoms with E-state index in [1.54, 1.807) is 12.1 Å². The molecule has 0 atom stereocenters. The molecule has 0 aliphatic rings. The highest BCUT2D eigenvalue weighted by atomic mass is 16.5. The minimum absolute atomic E-state index is 0.262. The molecule has 0 spiro atoms. The van der Waals surface area contributed by atoms with Crippen molar-refractivity contribution >= 4 is 0 Å². The summed E-state index contributed by atoms with van der Waals surface area (Å²) in [5.74, 6) is 1.86. The van der Waals surface area contributed by atoms with Crippen LogP contribution in [-0.4, -0.2) is 18.3 Å². The Hall–Kier alpha value is -2.16. The molecule has 19 heavy (non-hydrogen) atoms. The number of phenols is 1. The second kappa shape index (κ2) is 6.69. The van der Waals surface area contributed by atoms with E-state index in [2.05, 4.69) is 0 Å². The summed E-state index contributed by atoms with van der Waals surface area (Å²) in [5, 5.41) is 9.55. The molecule has 0 heterocycles. The van der Waals surface area contributed by atoms with Gasteiger partial charge in [0.05, 0.1) is 13.2 Å². The van der Waals surface area contributed by atoms with E-state index in [4.69, 9.17) is 9.47 Å². The quantitative estimate of drug-likeness (QED) is 0.805. The normalized spacial score (nSPS) is 10.2. The van der Waals surface area contributed by atoms with Crippen LogP contribution >= 0.6 is 0 Å². The third-order valence-corrected chi connectivity index (χ3v) is 2.81. The van der Waals surface area contributed by atoms with Crippen LogP contribution < -0.4 is 9.47 Å². The Kier molecular flexibility index (Phi) is 4.67. The van der Waals surface area contributed by atoms with Crippen LogP contribution in [-0.2, 0) is 0 Å². The fourth-order valence-corrected chi connectivity index (χ4v) is 1.71. The second-order valence-corrected chi connectivity index (χ2v) is 4.26. The maximum Gasteiger partial charge on any atom is 0.125 e. The maximum absolute atomic E-state index is 9.55. The van der Waals surface area contributed by atoms with Crippen molar-refractivity contribution in [1.29, 1.82) is 0 Å². The summed E-state index contributed by atoms with van der Waals surface area (Å²) in [6.45, 7) is 3.02. The predicted molar refractivity (Wildman–Crippen MR) is 74.9 cm³/mol. The van der Waals surface area contributed by atoms with Crippen LogP contribution in [0.1, 0.15) is 12.0 Å². The van der Waals surface area contributed by atoms with Gasteiger partial charge in [0.1, 0.15) is 17.2 Å². The molecule has 3 nitrogen and oxygen atoms in total. The van der Waals surface area contributed by atoms with E-state index in [9.17, 15) is 5.11 Å². The Labute approximate surface area is 113 Å². The Morgan fingerprint density at radius 2 is 1.63 bits per heavy atom. The smallest absolute Gasteiger partial charge is 0.125 e. The molecule has 2 aromatic carbocycles. The first-order valence-corrected chi connectivity index (χ1v) is 6.36. The van der Waals surface area contributed by atoms with E-state index >= 15 is 0 Å². The van der Waals surface area contributed by atoms with Crippen molar-refractivity contribution in [1.82, 2.24) is 0 Å². The number of hydrogen-bond acceptors (Lipinski definition) is 3. The molecular weight excluding hydrogens is 240 g/mol. The van der Waals surface area contributed by atoms with E-state index in [0.29, 0.717) is 13.2 Å². The molecule has 0 saturated heterocycles.